The third kappa shape index (κ3) is 4.26. The van der Waals surface area contributed by atoms with Crippen molar-refractivity contribution in [1.29, 1.82) is 0 Å². The van der Waals surface area contributed by atoms with Gasteiger partial charge in [0.25, 0.3) is 11.1 Å². The molecular formula is C27H24N2O4S. The van der Waals surface area contributed by atoms with Crippen molar-refractivity contribution in [3.63, 3.8) is 0 Å². The van der Waals surface area contributed by atoms with Crippen molar-refractivity contribution in [2.45, 2.75) is 20.4 Å². The molecule has 1 aliphatic heterocycles. The normalized spacial score (nSPS) is 15.1. The predicted octanol–water partition coefficient (Wildman–Crippen LogP) is 6.01. The van der Waals surface area contributed by atoms with Crippen LogP contribution in [0.3, 0.4) is 0 Å². The Labute approximate surface area is 201 Å². The van der Waals surface area contributed by atoms with E-state index in [9.17, 15) is 9.59 Å². The van der Waals surface area contributed by atoms with Gasteiger partial charge in [-0.1, -0.05) is 36.4 Å². The fourth-order valence-corrected chi connectivity index (χ4v) is 5.03. The number of carbonyl (C=O) groups is 2. The molecule has 0 atom stereocenters. The van der Waals surface area contributed by atoms with E-state index in [0.717, 1.165) is 51.0 Å². The van der Waals surface area contributed by atoms with Crippen molar-refractivity contribution in [1.82, 2.24) is 9.47 Å². The minimum atomic E-state index is -0.285. The van der Waals surface area contributed by atoms with E-state index in [1.165, 1.54) is 4.90 Å². The number of rotatable bonds is 7. The van der Waals surface area contributed by atoms with Crippen molar-refractivity contribution in [2.24, 2.45) is 0 Å². The Hall–Kier alpha value is -3.71. The number of ether oxygens (including phenoxy) is 1. The lowest BCUT2D eigenvalue weighted by molar-refractivity contribution is -0.123. The lowest BCUT2D eigenvalue weighted by Gasteiger charge is -2.14. The van der Waals surface area contributed by atoms with E-state index in [0.29, 0.717) is 11.4 Å². The molecule has 2 aromatic heterocycles. The van der Waals surface area contributed by atoms with E-state index in [2.05, 4.69) is 4.57 Å². The molecule has 2 aromatic carbocycles. The average molecular weight is 473 g/mol. The van der Waals surface area contributed by atoms with Crippen molar-refractivity contribution in [2.75, 3.05) is 13.2 Å². The predicted molar refractivity (Wildman–Crippen MR) is 134 cm³/mol. The summed E-state index contributed by atoms with van der Waals surface area (Å²) in [6, 6.07) is 19.6. The van der Waals surface area contributed by atoms with Crippen LogP contribution in [0.5, 0.6) is 5.75 Å². The molecule has 1 fully saturated rings. The van der Waals surface area contributed by atoms with Crippen molar-refractivity contribution in [3.05, 3.63) is 94.5 Å². The summed E-state index contributed by atoms with van der Waals surface area (Å²) in [5, 5.41) is 1.81. The first-order valence-electron chi connectivity index (χ1n) is 11.1. The number of amides is 2. The number of fused-ring (bicyclic) bond motifs is 1. The summed E-state index contributed by atoms with van der Waals surface area (Å²) in [5.41, 5.74) is 2.99. The van der Waals surface area contributed by atoms with E-state index < -0.39 is 0 Å². The highest BCUT2D eigenvalue weighted by atomic mass is 32.2. The molecule has 0 N–H and O–H groups in total. The highest BCUT2D eigenvalue weighted by Crippen LogP contribution is 2.33. The summed E-state index contributed by atoms with van der Waals surface area (Å²) >= 11 is 0.970. The van der Waals surface area contributed by atoms with Crippen LogP contribution in [0.2, 0.25) is 0 Å². The number of hydrogen-bond acceptors (Lipinski definition) is 5. The van der Waals surface area contributed by atoms with Crippen LogP contribution in [0, 0.1) is 13.8 Å². The van der Waals surface area contributed by atoms with Gasteiger partial charge in [0, 0.05) is 16.8 Å². The van der Waals surface area contributed by atoms with Crippen LogP contribution in [-0.4, -0.2) is 33.8 Å². The molecule has 0 saturated carbocycles. The van der Waals surface area contributed by atoms with Crippen molar-refractivity contribution >= 4 is 39.8 Å². The maximum absolute atomic E-state index is 13.0. The van der Waals surface area contributed by atoms with Gasteiger partial charge in [0.2, 0.25) is 0 Å². The quantitative estimate of drug-likeness (QED) is 0.308. The Bertz CT molecular complexity index is 1400. The summed E-state index contributed by atoms with van der Waals surface area (Å²) < 4.78 is 13.5. The number of imide groups is 1. The van der Waals surface area contributed by atoms with Crippen LogP contribution in [0.1, 0.15) is 22.7 Å². The Balaban J connectivity index is 1.28. The molecule has 1 aliphatic rings. The number of aromatic nitrogens is 1. The Kier molecular flexibility index (Phi) is 6.02. The monoisotopic (exact) mass is 472 g/mol. The van der Waals surface area contributed by atoms with Crippen LogP contribution in [0.25, 0.3) is 16.8 Å². The standard InChI is InChI=1S/C27H24N2O4S/c1-18-15-21(19(2)29(18)17-22-9-6-13-32-22)16-25-26(30)28(27(31)34-25)12-14-33-24-11-5-8-20-7-3-4-10-23(20)24/h3-11,13,15-16H,12,14,17H2,1-2H3/b25-16-. The topological polar surface area (TPSA) is 64.7 Å². The van der Waals surface area contributed by atoms with E-state index in [4.69, 9.17) is 9.15 Å². The molecule has 6 nitrogen and oxygen atoms in total. The van der Waals surface area contributed by atoms with Gasteiger partial charge < -0.3 is 13.7 Å². The number of nitrogens with zero attached hydrogens (tertiary/aromatic N) is 2. The third-order valence-corrected chi connectivity index (χ3v) is 6.90. The highest BCUT2D eigenvalue weighted by molar-refractivity contribution is 8.18. The van der Waals surface area contributed by atoms with Gasteiger partial charge in [0.05, 0.1) is 24.3 Å². The Morgan fingerprint density at radius 3 is 2.68 bits per heavy atom. The maximum Gasteiger partial charge on any atom is 0.293 e. The molecule has 0 unspecified atom stereocenters. The van der Waals surface area contributed by atoms with Crippen LogP contribution in [0.4, 0.5) is 4.79 Å². The molecule has 7 heteroatoms. The average Bonchev–Trinajstić information content (AvgIpc) is 3.51. The summed E-state index contributed by atoms with van der Waals surface area (Å²) in [7, 11) is 0. The van der Waals surface area contributed by atoms with Gasteiger partial charge in [0.15, 0.2) is 0 Å². The molecule has 4 aromatic rings. The van der Waals surface area contributed by atoms with Gasteiger partial charge in [-0.2, -0.15) is 0 Å². The first-order valence-corrected chi connectivity index (χ1v) is 11.9. The van der Waals surface area contributed by atoms with Gasteiger partial charge >= 0.3 is 0 Å². The number of furan rings is 1. The summed E-state index contributed by atoms with van der Waals surface area (Å²) in [6.07, 6.45) is 3.46. The molecule has 1 saturated heterocycles. The highest BCUT2D eigenvalue weighted by Gasteiger charge is 2.35. The van der Waals surface area contributed by atoms with Crippen molar-refractivity contribution in [3.8, 4) is 5.75 Å². The minimum absolute atomic E-state index is 0.197. The molecule has 0 spiro atoms. The molecule has 0 bridgehead atoms. The molecule has 0 aliphatic carbocycles. The molecule has 3 heterocycles. The second-order valence-corrected chi connectivity index (χ2v) is 9.14. The summed E-state index contributed by atoms with van der Waals surface area (Å²) in [5.74, 6) is 1.32. The Morgan fingerprint density at radius 1 is 1.03 bits per heavy atom. The van der Waals surface area contributed by atoms with E-state index in [-0.39, 0.29) is 24.3 Å². The van der Waals surface area contributed by atoms with Crippen LogP contribution >= 0.6 is 11.8 Å². The molecule has 172 valence electrons. The lowest BCUT2D eigenvalue weighted by atomic mass is 10.1. The SMILES string of the molecule is Cc1cc(/C=C2\SC(=O)N(CCOc3cccc4ccccc34)C2=O)c(C)n1Cc1ccco1. The number of thioether (sulfide) groups is 1. The first kappa shape index (κ1) is 22.1. The van der Waals surface area contributed by atoms with Gasteiger partial charge in [0.1, 0.15) is 18.1 Å². The van der Waals surface area contributed by atoms with Gasteiger partial charge in [-0.3, -0.25) is 14.5 Å². The zero-order valence-corrected chi connectivity index (χ0v) is 19.8. The lowest BCUT2D eigenvalue weighted by Crippen LogP contribution is -2.32. The van der Waals surface area contributed by atoms with E-state index in [1.54, 1.807) is 12.3 Å². The van der Waals surface area contributed by atoms with Gasteiger partial charge in [-0.15, -0.1) is 0 Å². The first-order chi connectivity index (χ1) is 16.5. The fraction of sp³-hybridized carbons (Fsp3) is 0.185. The summed E-state index contributed by atoms with van der Waals surface area (Å²) in [6.45, 7) is 5.07. The number of carbonyl (C=O) groups excluding carboxylic acids is 2. The molecule has 0 radical (unpaired) electrons. The van der Waals surface area contributed by atoms with Crippen LogP contribution in [0.15, 0.2) is 76.2 Å². The number of benzene rings is 2. The number of aryl methyl sites for hydroxylation is 1. The second-order valence-electron chi connectivity index (χ2n) is 8.15. The van der Waals surface area contributed by atoms with E-state index >= 15 is 0 Å². The fourth-order valence-electron chi connectivity index (χ4n) is 4.18. The molecular weight excluding hydrogens is 448 g/mol. The van der Waals surface area contributed by atoms with Gasteiger partial charge in [-0.25, -0.2) is 0 Å². The zero-order valence-electron chi connectivity index (χ0n) is 19.0. The minimum Gasteiger partial charge on any atom is -0.491 e. The smallest absolute Gasteiger partial charge is 0.293 e. The molecule has 2 amide bonds. The van der Waals surface area contributed by atoms with Crippen LogP contribution in [-0.2, 0) is 11.3 Å². The zero-order chi connectivity index (χ0) is 23.7. The van der Waals surface area contributed by atoms with Crippen LogP contribution < -0.4 is 4.74 Å². The number of hydrogen-bond donors (Lipinski definition) is 0. The van der Waals surface area contributed by atoms with Crippen molar-refractivity contribution < 1.29 is 18.7 Å². The molecule has 5 rings (SSSR count). The summed E-state index contributed by atoms with van der Waals surface area (Å²) in [4.78, 5) is 27.2. The Morgan fingerprint density at radius 2 is 1.85 bits per heavy atom. The van der Waals surface area contributed by atoms with E-state index in [1.807, 2.05) is 74.5 Å². The molecule has 34 heavy (non-hydrogen) atoms. The largest absolute Gasteiger partial charge is 0.491 e. The maximum atomic E-state index is 13.0. The third-order valence-electron chi connectivity index (χ3n) is 5.99. The van der Waals surface area contributed by atoms with Gasteiger partial charge in [-0.05, 0) is 66.9 Å². The second kappa shape index (κ2) is 9.27.